The number of aromatic nitrogens is 3. The number of hydrogen-bond donors (Lipinski definition) is 1. The van der Waals surface area contributed by atoms with E-state index in [-0.39, 0.29) is 42.5 Å². The number of aryl methyl sites for hydroxylation is 1. The summed E-state index contributed by atoms with van der Waals surface area (Å²) in [6, 6.07) is 27.3. The molecule has 1 radical (unpaired) electrons. The van der Waals surface area contributed by atoms with Crippen LogP contribution in [0.5, 0.6) is 0 Å². The second kappa shape index (κ2) is 15.4. The second-order valence-corrected chi connectivity index (χ2v) is 13.9. The van der Waals surface area contributed by atoms with Gasteiger partial charge in [-0.15, -0.1) is 23.3 Å². The average molecular weight is 833 g/mol. The third kappa shape index (κ3) is 7.09. The van der Waals surface area contributed by atoms with Crippen LogP contribution in [-0.2, 0) is 31.9 Å². The van der Waals surface area contributed by atoms with Crippen LogP contribution in [-0.4, -0.2) is 25.4 Å². The molecule has 5 nitrogen and oxygen atoms in total. The van der Waals surface area contributed by atoms with Gasteiger partial charge >= 0.3 is 0 Å². The molecule has 6 aromatic rings. The summed E-state index contributed by atoms with van der Waals surface area (Å²) in [6.45, 7) is 16.5. The third-order valence-corrected chi connectivity index (χ3v) is 11.0. The Morgan fingerprint density at radius 1 is 0.857 bits per heavy atom. The van der Waals surface area contributed by atoms with E-state index < -0.39 is 0 Å². The van der Waals surface area contributed by atoms with Crippen LogP contribution in [0.25, 0.3) is 54.7 Å². The molecule has 259 valence electrons. The van der Waals surface area contributed by atoms with Crippen molar-refractivity contribution in [3.8, 4) is 11.3 Å². The number of aliphatic hydroxyl groups excluding tert-OH is 1. The molecule has 49 heavy (non-hydrogen) atoms. The molecule has 2 heterocycles. The van der Waals surface area contributed by atoms with Gasteiger partial charge in [0.2, 0.25) is 0 Å². The minimum atomic E-state index is -0.337. The Morgan fingerprint density at radius 3 is 2.02 bits per heavy atom. The van der Waals surface area contributed by atoms with E-state index in [9.17, 15) is 9.90 Å². The first kappa shape index (κ1) is 37.9. The quantitative estimate of drug-likeness (QED) is 0.0895. The van der Waals surface area contributed by atoms with Gasteiger partial charge in [-0.25, -0.2) is 4.98 Å². The number of allylic oxidation sites excluding steroid dienone is 2. The summed E-state index contributed by atoms with van der Waals surface area (Å²) >= 11 is 0. The van der Waals surface area contributed by atoms with Crippen molar-refractivity contribution < 1.29 is 30.0 Å². The van der Waals surface area contributed by atoms with Crippen LogP contribution in [0, 0.1) is 16.9 Å². The first-order chi connectivity index (χ1) is 22.9. The van der Waals surface area contributed by atoms with Gasteiger partial charge in [-0.3, -0.25) is 9.78 Å². The molecule has 6 heteroatoms. The molecule has 0 bridgehead atoms. The monoisotopic (exact) mass is 833 g/mol. The first-order valence-electron chi connectivity index (χ1n) is 17.4. The first-order valence-corrected chi connectivity index (χ1v) is 17.4. The van der Waals surface area contributed by atoms with Crippen molar-refractivity contribution in [1.82, 2.24) is 14.5 Å². The Hall–Kier alpha value is -3.86. The molecule has 0 fully saturated rings. The van der Waals surface area contributed by atoms with Gasteiger partial charge in [-0.05, 0) is 48.6 Å². The summed E-state index contributed by atoms with van der Waals surface area (Å²) in [6.07, 6.45) is 6.44. The molecule has 0 saturated carbocycles. The van der Waals surface area contributed by atoms with Crippen molar-refractivity contribution in [3.63, 3.8) is 0 Å². The summed E-state index contributed by atoms with van der Waals surface area (Å²) in [5.74, 6) is 0.722. The van der Waals surface area contributed by atoms with Gasteiger partial charge < -0.3 is 9.67 Å². The molecular formula is C43H50IrN3O2-. The van der Waals surface area contributed by atoms with Gasteiger partial charge in [0, 0.05) is 55.1 Å². The van der Waals surface area contributed by atoms with Crippen LogP contribution in [0.3, 0.4) is 0 Å². The van der Waals surface area contributed by atoms with Crippen molar-refractivity contribution in [1.29, 1.82) is 0 Å². The van der Waals surface area contributed by atoms with Crippen LogP contribution in [0.4, 0.5) is 0 Å². The fraction of sp³-hybridized carbons (Fsp3) is 0.372. The van der Waals surface area contributed by atoms with E-state index >= 15 is 0 Å². The van der Waals surface area contributed by atoms with E-state index in [2.05, 4.69) is 98.3 Å². The summed E-state index contributed by atoms with van der Waals surface area (Å²) in [5.41, 5.74) is 5.87. The van der Waals surface area contributed by atoms with Crippen LogP contribution in [0.2, 0.25) is 0 Å². The molecule has 0 saturated heterocycles. The van der Waals surface area contributed by atoms with E-state index in [1.807, 2.05) is 41.5 Å². The number of carbonyl (C=O) groups is 1. The minimum absolute atomic E-state index is 0. The fourth-order valence-corrected chi connectivity index (χ4v) is 6.51. The molecule has 6 rings (SSSR count). The largest absolute Gasteiger partial charge is 0.512 e. The van der Waals surface area contributed by atoms with Crippen LogP contribution in [0.15, 0.2) is 84.9 Å². The number of benzene rings is 4. The summed E-state index contributed by atoms with van der Waals surface area (Å²) in [4.78, 5) is 21.6. The average Bonchev–Trinajstić information content (AvgIpc) is 3.39. The van der Waals surface area contributed by atoms with Crippen LogP contribution < -0.4 is 0 Å². The van der Waals surface area contributed by atoms with Crippen molar-refractivity contribution in [2.45, 2.75) is 87.0 Å². The Bertz CT molecular complexity index is 2130. The third-order valence-electron chi connectivity index (χ3n) is 11.0. The standard InChI is InChI=1S/C28H22N3.C15H28O2.Ir/c1-17(2)20-12-13-23(22-11-7-6-10-21(20)22)26-28-27(30-16-29-26)24-14-18-8-4-5-9-19(18)15-25(24)31(28)3;1-7-14(5,8-2)12(16)11-13(17)15(6,9-3)10-4;/h4-12,14-17H,1-3H3;11,16H,7-10H2,1-6H3;/q-1;;/b;12-11-;. The van der Waals surface area contributed by atoms with E-state index in [0.29, 0.717) is 5.92 Å². The van der Waals surface area contributed by atoms with E-state index in [1.165, 1.54) is 38.7 Å². The van der Waals surface area contributed by atoms with Crippen molar-refractivity contribution in [2.75, 3.05) is 0 Å². The van der Waals surface area contributed by atoms with E-state index in [4.69, 9.17) is 9.97 Å². The SMILES string of the molecule is CC(C)c1c[c-]c(-c2ncnc3c4cc5ccccc5cc4n(C)c23)c2ccccc12.CCC(C)(CC)C(=O)/C=C(\O)C(C)(CC)CC.[Ir]. The normalized spacial score (nSPS) is 12.4. The smallest absolute Gasteiger partial charge is 0.164 e. The maximum Gasteiger partial charge on any atom is 0.164 e. The van der Waals surface area contributed by atoms with E-state index in [1.54, 1.807) is 6.33 Å². The predicted octanol–water partition coefficient (Wildman–Crippen LogP) is 11.7. The number of hydrogen-bond acceptors (Lipinski definition) is 4. The Balaban J connectivity index is 0.000000260. The molecule has 0 aliphatic heterocycles. The summed E-state index contributed by atoms with van der Waals surface area (Å²) in [7, 11) is 2.11. The van der Waals surface area contributed by atoms with Crippen molar-refractivity contribution in [3.05, 3.63) is 96.5 Å². The second-order valence-electron chi connectivity index (χ2n) is 13.9. The molecule has 2 aromatic heterocycles. The molecule has 4 aromatic carbocycles. The van der Waals surface area contributed by atoms with Gasteiger partial charge in [0.05, 0.1) is 16.6 Å². The number of aliphatic hydroxyl groups is 1. The Kier molecular flexibility index (Phi) is 11.9. The number of fused-ring (bicyclic) bond motifs is 5. The van der Waals surface area contributed by atoms with Gasteiger partial charge in [-0.2, -0.15) is 0 Å². The van der Waals surface area contributed by atoms with Crippen molar-refractivity contribution in [2.24, 2.45) is 17.9 Å². The van der Waals surface area contributed by atoms with E-state index in [0.717, 1.165) is 53.4 Å². The van der Waals surface area contributed by atoms with Crippen molar-refractivity contribution >= 4 is 49.3 Å². The Labute approximate surface area is 305 Å². The molecule has 0 unspecified atom stereocenters. The topological polar surface area (TPSA) is 68.0 Å². The maximum absolute atomic E-state index is 12.2. The molecule has 0 atom stereocenters. The molecule has 1 N–H and O–H groups in total. The predicted molar refractivity (Wildman–Crippen MR) is 202 cm³/mol. The molecule has 0 aliphatic rings. The zero-order valence-electron chi connectivity index (χ0n) is 30.4. The Morgan fingerprint density at radius 2 is 1.43 bits per heavy atom. The maximum atomic E-state index is 12.2. The minimum Gasteiger partial charge on any atom is -0.512 e. The van der Waals surface area contributed by atoms with Gasteiger partial charge in [0.15, 0.2) is 5.78 Å². The van der Waals surface area contributed by atoms with Crippen LogP contribution in [0.1, 0.15) is 92.6 Å². The molecule has 0 aliphatic carbocycles. The summed E-state index contributed by atoms with van der Waals surface area (Å²) < 4.78 is 2.23. The molecular weight excluding hydrogens is 783 g/mol. The number of carbonyl (C=O) groups excluding carboxylic acids is 1. The molecule has 0 spiro atoms. The zero-order valence-corrected chi connectivity index (χ0v) is 32.8. The van der Waals surface area contributed by atoms with Crippen LogP contribution >= 0.6 is 0 Å². The zero-order chi connectivity index (χ0) is 34.8. The number of ketones is 1. The molecule has 0 amide bonds. The fourth-order valence-electron chi connectivity index (χ4n) is 6.51. The summed E-state index contributed by atoms with van der Waals surface area (Å²) in [5, 5.41) is 16.2. The van der Waals surface area contributed by atoms with Gasteiger partial charge in [0.1, 0.15) is 12.1 Å². The van der Waals surface area contributed by atoms with Gasteiger partial charge in [-0.1, -0.05) is 121 Å². The van der Waals surface area contributed by atoms with Gasteiger partial charge in [0.25, 0.3) is 0 Å². The number of rotatable bonds is 9. The number of nitrogens with zero attached hydrogens (tertiary/aromatic N) is 3.